The molecule has 0 aliphatic heterocycles. The maximum atomic E-state index is 14.7. The van der Waals surface area contributed by atoms with E-state index < -0.39 is 23.3 Å². The van der Waals surface area contributed by atoms with Crippen LogP contribution in [0.1, 0.15) is 22.5 Å². The number of methoxy groups -OCH3 is 4. The van der Waals surface area contributed by atoms with E-state index in [0.717, 1.165) is 18.2 Å². The molecule has 0 aliphatic rings. The van der Waals surface area contributed by atoms with Crippen LogP contribution >= 0.6 is 0 Å². The van der Waals surface area contributed by atoms with Crippen LogP contribution in [0.25, 0.3) is 30.0 Å². The lowest BCUT2D eigenvalue weighted by Gasteiger charge is -2.09. The Kier molecular flexibility index (Phi) is 8.24. The average molecular weight is 541 g/mol. The van der Waals surface area contributed by atoms with Crippen molar-refractivity contribution in [1.29, 1.82) is 0 Å². The molecule has 0 spiro atoms. The first-order chi connectivity index (χ1) is 18.8. The van der Waals surface area contributed by atoms with Crippen LogP contribution < -0.4 is 18.9 Å². The summed E-state index contributed by atoms with van der Waals surface area (Å²) in [5, 5.41) is 4.41. The normalized spacial score (nSPS) is 11.4. The largest absolute Gasteiger partial charge is 0.493 e. The van der Waals surface area contributed by atoms with Crippen molar-refractivity contribution in [2.75, 3.05) is 28.4 Å². The molecule has 202 valence electrons. The predicted molar refractivity (Wildman–Crippen MR) is 140 cm³/mol. The van der Waals surface area contributed by atoms with Crippen molar-refractivity contribution in [3.05, 3.63) is 94.3 Å². The number of nitrogens with zero attached hydrogens (tertiary/aromatic N) is 2. The summed E-state index contributed by atoms with van der Waals surface area (Å²) in [6.07, 6.45) is 5.97. The topological polar surface area (TPSA) is 54.7 Å². The summed E-state index contributed by atoms with van der Waals surface area (Å²) in [7, 11) is 5.66. The van der Waals surface area contributed by atoms with Crippen molar-refractivity contribution < 1.29 is 36.5 Å². The Bertz CT molecular complexity index is 1540. The summed E-state index contributed by atoms with van der Waals surface area (Å²) < 4.78 is 79.3. The first-order valence-electron chi connectivity index (χ1n) is 11.5. The van der Waals surface area contributed by atoms with E-state index in [-0.39, 0.29) is 28.3 Å². The molecule has 39 heavy (non-hydrogen) atoms. The van der Waals surface area contributed by atoms with Crippen molar-refractivity contribution in [3.8, 4) is 28.7 Å². The number of benzene rings is 3. The minimum atomic E-state index is -0.800. The highest BCUT2D eigenvalue weighted by Gasteiger charge is 2.13. The Balaban J connectivity index is 1.77. The minimum Gasteiger partial charge on any atom is -0.493 e. The number of aromatic nitrogens is 2. The van der Waals surface area contributed by atoms with Crippen LogP contribution in [0.15, 0.2) is 48.5 Å². The van der Waals surface area contributed by atoms with Gasteiger partial charge in [0.15, 0.2) is 23.0 Å². The maximum absolute atomic E-state index is 14.7. The Labute approximate surface area is 222 Å². The van der Waals surface area contributed by atoms with Gasteiger partial charge in [0.2, 0.25) is 0 Å². The van der Waals surface area contributed by atoms with Gasteiger partial charge in [-0.2, -0.15) is 5.10 Å². The number of ether oxygens (including phenoxy) is 4. The van der Waals surface area contributed by atoms with E-state index in [1.807, 2.05) is 0 Å². The van der Waals surface area contributed by atoms with Gasteiger partial charge in [0.25, 0.3) is 0 Å². The zero-order valence-electron chi connectivity index (χ0n) is 21.5. The van der Waals surface area contributed by atoms with Crippen LogP contribution in [0.4, 0.5) is 17.6 Å². The molecule has 4 rings (SSSR count). The second-order valence-corrected chi connectivity index (χ2v) is 8.16. The second-order valence-electron chi connectivity index (χ2n) is 8.16. The van der Waals surface area contributed by atoms with Gasteiger partial charge in [-0.05, 0) is 54.6 Å². The molecule has 6 nitrogen and oxygen atoms in total. The van der Waals surface area contributed by atoms with Crippen LogP contribution in [0.5, 0.6) is 23.0 Å². The van der Waals surface area contributed by atoms with E-state index >= 15 is 0 Å². The van der Waals surface area contributed by atoms with Crippen molar-refractivity contribution in [2.24, 2.45) is 0 Å². The fraction of sp³-hybridized carbons (Fsp3) is 0.138. The molecular weight excluding hydrogens is 516 g/mol. The summed E-state index contributed by atoms with van der Waals surface area (Å²) >= 11 is 0. The SMILES string of the molecule is COc1cc(F)c(/C=C/c2cc(/C=C/c3cc(OC)c(OC)cc3F)n(-c3cc(F)cc(F)c3)n2)cc1OC. The first-order valence-corrected chi connectivity index (χ1v) is 11.5. The molecule has 1 heterocycles. The number of hydrogen-bond acceptors (Lipinski definition) is 5. The monoisotopic (exact) mass is 540 g/mol. The highest BCUT2D eigenvalue weighted by Crippen LogP contribution is 2.32. The summed E-state index contributed by atoms with van der Waals surface area (Å²) in [5.41, 5.74) is 1.17. The predicted octanol–water partition coefficient (Wildman–Crippen LogP) is 6.80. The summed E-state index contributed by atoms with van der Waals surface area (Å²) in [4.78, 5) is 0. The fourth-order valence-corrected chi connectivity index (χ4v) is 3.83. The highest BCUT2D eigenvalue weighted by molar-refractivity contribution is 5.74. The molecule has 10 heteroatoms. The third-order valence-electron chi connectivity index (χ3n) is 5.72. The molecule has 0 saturated heterocycles. The highest BCUT2D eigenvalue weighted by atomic mass is 19.1. The maximum Gasteiger partial charge on any atom is 0.163 e. The summed E-state index contributed by atoms with van der Waals surface area (Å²) in [5.74, 6) is -1.62. The van der Waals surface area contributed by atoms with Crippen LogP contribution in [0.2, 0.25) is 0 Å². The molecule has 0 radical (unpaired) electrons. The van der Waals surface area contributed by atoms with Crippen LogP contribution in [-0.2, 0) is 0 Å². The van der Waals surface area contributed by atoms with E-state index in [9.17, 15) is 17.6 Å². The van der Waals surface area contributed by atoms with Crippen molar-refractivity contribution >= 4 is 24.3 Å². The molecule has 0 unspecified atom stereocenters. The van der Waals surface area contributed by atoms with Gasteiger partial charge in [-0.25, -0.2) is 22.2 Å². The van der Waals surface area contributed by atoms with Crippen LogP contribution in [0, 0.1) is 23.3 Å². The molecule has 0 amide bonds. The van der Waals surface area contributed by atoms with Crippen LogP contribution in [0.3, 0.4) is 0 Å². The van der Waals surface area contributed by atoms with Crippen molar-refractivity contribution in [2.45, 2.75) is 0 Å². The molecule has 0 atom stereocenters. The van der Waals surface area contributed by atoms with E-state index in [1.54, 1.807) is 6.07 Å². The molecule has 3 aromatic carbocycles. The van der Waals surface area contributed by atoms with Gasteiger partial charge >= 0.3 is 0 Å². The smallest absolute Gasteiger partial charge is 0.163 e. The molecule has 1 aromatic heterocycles. The number of hydrogen-bond donors (Lipinski definition) is 0. The first kappa shape index (κ1) is 27.3. The minimum absolute atomic E-state index is 0.0943. The quantitative estimate of drug-likeness (QED) is 0.219. The van der Waals surface area contributed by atoms with Gasteiger partial charge in [0.1, 0.15) is 23.3 Å². The summed E-state index contributed by atoms with van der Waals surface area (Å²) in [6, 6.07) is 9.83. The average Bonchev–Trinajstić information content (AvgIpc) is 3.33. The Morgan fingerprint density at radius 1 is 0.564 bits per heavy atom. The third kappa shape index (κ3) is 6.06. The van der Waals surface area contributed by atoms with Gasteiger partial charge in [0, 0.05) is 29.3 Å². The van der Waals surface area contributed by atoms with Gasteiger partial charge in [-0.3, -0.25) is 0 Å². The molecule has 0 fully saturated rings. The fourth-order valence-electron chi connectivity index (χ4n) is 3.83. The van der Waals surface area contributed by atoms with E-state index in [2.05, 4.69) is 5.10 Å². The third-order valence-corrected chi connectivity index (χ3v) is 5.72. The number of rotatable bonds is 9. The molecule has 0 N–H and O–H groups in total. The molecule has 0 bridgehead atoms. The lowest BCUT2D eigenvalue weighted by atomic mass is 10.1. The Morgan fingerprint density at radius 2 is 1.03 bits per heavy atom. The van der Waals surface area contributed by atoms with Crippen molar-refractivity contribution in [1.82, 2.24) is 9.78 Å². The van der Waals surface area contributed by atoms with E-state index in [0.29, 0.717) is 22.9 Å². The second kappa shape index (κ2) is 11.8. The molecular formula is C29H24F4N2O4. The van der Waals surface area contributed by atoms with Gasteiger partial charge in [-0.15, -0.1) is 0 Å². The van der Waals surface area contributed by atoms with Gasteiger partial charge in [-0.1, -0.05) is 0 Å². The lowest BCUT2D eigenvalue weighted by molar-refractivity contribution is 0.352. The standard InChI is InChI=1S/C29H24F4N2O4/c1-36-26-9-17(24(32)15-28(26)38-3)5-7-21-14-22(35(34-21)23-12-19(30)11-20(31)13-23)8-6-18-10-27(37-2)29(39-4)16-25(18)33/h5-16H,1-4H3/b7-5+,8-6+. The lowest BCUT2D eigenvalue weighted by Crippen LogP contribution is -2.01. The van der Waals surface area contributed by atoms with E-state index in [1.165, 1.54) is 81.7 Å². The Hall–Kier alpha value is -4.73. The van der Waals surface area contributed by atoms with Crippen LogP contribution in [-0.4, -0.2) is 38.2 Å². The van der Waals surface area contributed by atoms with E-state index in [4.69, 9.17) is 18.9 Å². The van der Waals surface area contributed by atoms with Crippen molar-refractivity contribution in [3.63, 3.8) is 0 Å². The Morgan fingerprint density at radius 3 is 1.51 bits per heavy atom. The zero-order valence-corrected chi connectivity index (χ0v) is 21.5. The molecule has 4 aromatic rings. The number of halogens is 4. The zero-order chi connectivity index (χ0) is 28.1. The molecule has 0 aliphatic carbocycles. The van der Waals surface area contributed by atoms with Gasteiger partial charge in [0.05, 0.1) is 45.5 Å². The molecule has 0 saturated carbocycles. The van der Waals surface area contributed by atoms with Gasteiger partial charge < -0.3 is 18.9 Å². The summed E-state index contributed by atoms with van der Waals surface area (Å²) in [6.45, 7) is 0.